The quantitative estimate of drug-likeness (QED) is 0.733. The molecule has 4 aliphatic carbocycles. The maximum Gasteiger partial charge on any atom is 0.155 e. The van der Waals surface area contributed by atoms with Crippen LogP contribution in [0.3, 0.4) is 0 Å². The lowest BCUT2D eigenvalue weighted by molar-refractivity contribution is -0.116. The molecule has 0 spiro atoms. The normalized spacial score (nSPS) is 51.0. The molecule has 3 saturated carbocycles. The molecule has 0 unspecified atom stereocenters. The van der Waals surface area contributed by atoms with E-state index in [1.165, 1.54) is 44.1 Å². The van der Waals surface area contributed by atoms with Crippen LogP contribution in [-0.2, 0) is 4.79 Å². The van der Waals surface area contributed by atoms with Gasteiger partial charge < -0.3 is 5.73 Å². The first-order valence-electron chi connectivity index (χ1n) is 8.56. The molecule has 0 aliphatic heterocycles. The van der Waals surface area contributed by atoms with Crippen molar-refractivity contribution in [3.8, 4) is 0 Å². The number of hydrogen-bond acceptors (Lipinski definition) is 2. The molecule has 110 valence electrons. The van der Waals surface area contributed by atoms with Gasteiger partial charge in [-0.3, -0.25) is 4.79 Å². The zero-order valence-corrected chi connectivity index (χ0v) is 12.7. The fourth-order valence-corrected chi connectivity index (χ4v) is 6.26. The number of ketones is 1. The summed E-state index contributed by atoms with van der Waals surface area (Å²) in [6.07, 6.45) is 12.8. The van der Waals surface area contributed by atoms with Crippen molar-refractivity contribution in [2.75, 3.05) is 0 Å². The molecule has 0 bridgehead atoms. The highest BCUT2D eigenvalue weighted by atomic mass is 16.1. The van der Waals surface area contributed by atoms with Gasteiger partial charge >= 0.3 is 0 Å². The topological polar surface area (TPSA) is 43.1 Å². The molecule has 5 atom stereocenters. The van der Waals surface area contributed by atoms with Crippen LogP contribution in [0.4, 0.5) is 0 Å². The first-order chi connectivity index (χ1) is 9.53. The standard InChI is InChI=1S/C18H27NO/c1-17-8-2-3-15(17)14-5-4-12-11-13(20)6-10-18(12,19)16(14)7-9-17/h11,14-16H,2-10,19H2,1H3/t14-,15-,16-,17-,18+/m0/s1. The van der Waals surface area contributed by atoms with Crippen LogP contribution in [-0.4, -0.2) is 11.3 Å². The van der Waals surface area contributed by atoms with E-state index in [1.807, 2.05) is 6.08 Å². The van der Waals surface area contributed by atoms with Gasteiger partial charge in [0.25, 0.3) is 0 Å². The van der Waals surface area contributed by atoms with E-state index in [-0.39, 0.29) is 5.54 Å². The molecular formula is C18H27NO. The van der Waals surface area contributed by atoms with Gasteiger partial charge in [-0.2, -0.15) is 0 Å². The van der Waals surface area contributed by atoms with Gasteiger partial charge in [0.2, 0.25) is 0 Å². The third-order valence-corrected chi connectivity index (χ3v) is 7.35. The van der Waals surface area contributed by atoms with Gasteiger partial charge in [-0.05, 0) is 79.8 Å². The van der Waals surface area contributed by atoms with E-state index in [9.17, 15) is 4.79 Å². The monoisotopic (exact) mass is 273 g/mol. The Morgan fingerprint density at radius 3 is 2.80 bits per heavy atom. The van der Waals surface area contributed by atoms with Crippen LogP contribution in [0.2, 0.25) is 0 Å². The Morgan fingerprint density at radius 2 is 1.95 bits per heavy atom. The van der Waals surface area contributed by atoms with E-state index in [0.29, 0.717) is 23.5 Å². The Hall–Kier alpha value is -0.630. The third kappa shape index (κ3) is 1.63. The van der Waals surface area contributed by atoms with Crippen molar-refractivity contribution in [1.29, 1.82) is 0 Å². The minimum atomic E-state index is -0.138. The van der Waals surface area contributed by atoms with E-state index in [2.05, 4.69) is 6.92 Å². The van der Waals surface area contributed by atoms with Gasteiger partial charge in [0.1, 0.15) is 0 Å². The highest BCUT2D eigenvalue weighted by molar-refractivity contribution is 5.92. The van der Waals surface area contributed by atoms with Crippen LogP contribution in [0, 0.1) is 23.2 Å². The molecule has 0 amide bonds. The highest BCUT2D eigenvalue weighted by Gasteiger charge is 2.56. The molecule has 2 N–H and O–H groups in total. The molecule has 3 fully saturated rings. The van der Waals surface area contributed by atoms with Crippen molar-refractivity contribution in [2.24, 2.45) is 28.9 Å². The van der Waals surface area contributed by atoms with Gasteiger partial charge in [0.05, 0.1) is 0 Å². The van der Waals surface area contributed by atoms with Crippen LogP contribution in [0.1, 0.15) is 64.7 Å². The summed E-state index contributed by atoms with van der Waals surface area (Å²) in [5.41, 5.74) is 8.64. The maximum absolute atomic E-state index is 11.7. The lowest BCUT2D eigenvalue weighted by atomic mass is 9.50. The summed E-state index contributed by atoms with van der Waals surface area (Å²) in [7, 11) is 0. The van der Waals surface area contributed by atoms with Gasteiger partial charge in [0.15, 0.2) is 5.78 Å². The number of carbonyl (C=O) groups excluding carboxylic acids is 1. The number of nitrogens with two attached hydrogens (primary N) is 1. The van der Waals surface area contributed by atoms with Crippen molar-refractivity contribution in [3.05, 3.63) is 11.6 Å². The summed E-state index contributed by atoms with van der Waals surface area (Å²) in [6.45, 7) is 2.53. The third-order valence-electron chi connectivity index (χ3n) is 7.35. The summed E-state index contributed by atoms with van der Waals surface area (Å²) in [4.78, 5) is 11.7. The molecular weight excluding hydrogens is 246 g/mol. The zero-order valence-electron chi connectivity index (χ0n) is 12.7. The van der Waals surface area contributed by atoms with Gasteiger partial charge in [-0.1, -0.05) is 13.3 Å². The predicted octanol–water partition coefficient (Wildman–Crippen LogP) is 3.60. The Morgan fingerprint density at radius 1 is 1.10 bits per heavy atom. The molecule has 2 nitrogen and oxygen atoms in total. The van der Waals surface area contributed by atoms with E-state index in [0.717, 1.165) is 24.7 Å². The van der Waals surface area contributed by atoms with Crippen molar-refractivity contribution in [1.82, 2.24) is 0 Å². The predicted molar refractivity (Wildman–Crippen MR) is 80.1 cm³/mol. The van der Waals surface area contributed by atoms with E-state index in [1.54, 1.807) is 0 Å². The fourth-order valence-electron chi connectivity index (χ4n) is 6.26. The van der Waals surface area contributed by atoms with Crippen molar-refractivity contribution in [3.63, 3.8) is 0 Å². The number of fused-ring (bicyclic) bond motifs is 5. The molecule has 0 aromatic rings. The minimum absolute atomic E-state index is 0.138. The van der Waals surface area contributed by atoms with E-state index in [4.69, 9.17) is 5.73 Å². The summed E-state index contributed by atoms with van der Waals surface area (Å²) in [5, 5.41) is 0. The van der Waals surface area contributed by atoms with Crippen LogP contribution in [0.5, 0.6) is 0 Å². The van der Waals surface area contributed by atoms with Gasteiger partial charge in [-0.25, -0.2) is 0 Å². The Kier molecular flexibility index (Phi) is 2.74. The largest absolute Gasteiger partial charge is 0.321 e. The average molecular weight is 273 g/mol. The molecule has 0 aromatic heterocycles. The van der Waals surface area contributed by atoms with Crippen molar-refractivity contribution >= 4 is 5.78 Å². The SMILES string of the molecule is C[C@@]12CCC[C@H]1[C@@H]1CCC3=CC(=O)CC[C@]3(N)[C@H]1CC2. The summed E-state index contributed by atoms with van der Waals surface area (Å²) < 4.78 is 0. The summed E-state index contributed by atoms with van der Waals surface area (Å²) >= 11 is 0. The lowest BCUT2D eigenvalue weighted by Crippen LogP contribution is -2.59. The van der Waals surface area contributed by atoms with Crippen LogP contribution >= 0.6 is 0 Å². The molecule has 0 radical (unpaired) electrons. The van der Waals surface area contributed by atoms with Crippen LogP contribution in [0.25, 0.3) is 0 Å². The Bertz CT molecular complexity index is 482. The number of carbonyl (C=O) groups is 1. The smallest absolute Gasteiger partial charge is 0.155 e. The van der Waals surface area contributed by atoms with Crippen molar-refractivity contribution in [2.45, 2.75) is 70.3 Å². The maximum atomic E-state index is 11.7. The molecule has 4 aliphatic rings. The second kappa shape index (κ2) is 4.19. The first kappa shape index (κ1) is 13.1. The lowest BCUT2D eigenvalue weighted by Gasteiger charge is -2.57. The molecule has 20 heavy (non-hydrogen) atoms. The fraction of sp³-hybridized carbons (Fsp3) is 0.833. The average Bonchev–Trinajstić information content (AvgIpc) is 2.81. The van der Waals surface area contributed by atoms with Gasteiger partial charge in [-0.15, -0.1) is 0 Å². The molecule has 4 rings (SSSR count). The Balaban J connectivity index is 1.69. The van der Waals surface area contributed by atoms with Gasteiger partial charge in [0, 0.05) is 12.0 Å². The second-order valence-corrected chi connectivity index (χ2v) is 8.18. The Labute approximate surface area is 122 Å². The summed E-state index contributed by atoms with van der Waals surface area (Å²) in [6, 6.07) is 0. The highest BCUT2D eigenvalue weighted by Crippen LogP contribution is 2.62. The minimum Gasteiger partial charge on any atom is -0.321 e. The molecule has 2 heteroatoms. The second-order valence-electron chi connectivity index (χ2n) is 8.18. The van der Waals surface area contributed by atoms with Crippen molar-refractivity contribution < 1.29 is 4.79 Å². The van der Waals surface area contributed by atoms with Crippen LogP contribution in [0.15, 0.2) is 11.6 Å². The van der Waals surface area contributed by atoms with Crippen LogP contribution < -0.4 is 5.73 Å². The number of rotatable bonds is 0. The zero-order chi connectivity index (χ0) is 14.0. The molecule has 0 saturated heterocycles. The number of hydrogen-bond donors (Lipinski definition) is 1. The molecule has 0 heterocycles. The summed E-state index contributed by atoms with van der Waals surface area (Å²) in [5.74, 6) is 2.68. The molecule has 0 aromatic carbocycles. The first-order valence-corrected chi connectivity index (χ1v) is 8.56. The van der Waals surface area contributed by atoms with E-state index >= 15 is 0 Å². The van der Waals surface area contributed by atoms with E-state index < -0.39 is 0 Å².